The molecule has 0 aromatic carbocycles. The Morgan fingerprint density at radius 2 is 0.948 bits per heavy atom. The molecule has 11 heteroatoms. The van der Waals surface area contributed by atoms with Crippen LogP contribution in [0.4, 0.5) is 0 Å². The zero-order valence-corrected chi connectivity index (χ0v) is 48.8. The van der Waals surface area contributed by atoms with Crippen LogP contribution in [0.2, 0.25) is 0 Å². The highest BCUT2D eigenvalue weighted by Crippen LogP contribution is 2.26. The van der Waals surface area contributed by atoms with Crippen LogP contribution in [0, 0.1) is 0 Å². The number of hydrogen-bond acceptors (Lipinski definition) is 10. The molecule has 1 heterocycles. The lowest BCUT2D eigenvalue weighted by molar-refractivity contribution is -0.305. The maximum Gasteiger partial charge on any atom is 0.306 e. The zero-order valence-electron chi connectivity index (χ0n) is 48.8. The van der Waals surface area contributed by atoms with Crippen LogP contribution in [0.3, 0.4) is 0 Å². The van der Waals surface area contributed by atoms with Gasteiger partial charge in [0.05, 0.1) is 25.4 Å². The number of ether oxygens (including phenoxy) is 3. The molecule has 1 amide bonds. The fourth-order valence-corrected chi connectivity index (χ4v) is 9.21. The van der Waals surface area contributed by atoms with Crippen molar-refractivity contribution in [1.29, 1.82) is 0 Å². The van der Waals surface area contributed by atoms with E-state index in [-0.39, 0.29) is 19.4 Å². The van der Waals surface area contributed by atoms with Gasteiger partial charge in [0.2, 0.25) is 5.91 Å². The quantitative estimate of drug-likeness (QED) is 0.0149. The molecule has 0 radical (unpaired) electrons. The highest BCUT2D eigenvalue weighted by molar-refractivity contribution is 5.80. The predicted molar refractivity (Wildman–Crippen MR) is 319 cm³/mol. The number of hydrogen-bond donors (Lipinski definition) is 6. The molecule has 1 aliphatic rings. The standard InChI is InChI=1S/C66H113NO10/c1-4-7-10-13-16-19-22-24-26-28-29-30-32-33-35-38-41-44-47-50-53-59(70)65(74)67-57(58(69)52-49-46-43-40-37-21-18-15-12-9-6-3)56-75-66-64(63(73)62(72)60(55-68)76-66)77-61(71)54-51-48-45-42-39-36-34-31-27-25-23-20-17-14-11-8-5-2/h8,11,14,17,20,23-27,31,34,36,39,49,52,57-60,62-64,66,68-70,72-73H,4-7,9-10,12-13,15-16,18-19,21-22,28-30,32-33,35,37-38,40-48,50-51,53-56H2,1-3H3,(H,67,74)/b11-8-,17-14+,23-20+,26-24+,27-25-,34-31+,39-36+,52-49+. The van der Waals surface area contributed by atoms with E-state index in [0.717, 1.165) is 70.6 Å². The van der Waals surface area contributed by atoms with E-state index >= 15 is 0 Å². The number of carbonyl (C=O) groups excluding carboxylic acids is 2. The largest absolute Gasteiger partial charge is 0.454 e. The Kier molecular flexibility index (Phi) is 49.5. The van der Waals surface area contributed by atoms with Crippen LogP contribution in [-0.2, 0) is 23.8 Å². The van der Waals surface area contributed by atoms with Gasteiger partial charge in [0, 0.05) is 6.42 Å². The fraction of sp³-hybridized carbons (Fsp3) is 0.727. The Balaban J connectivity index is 2.69. The lowest BCUT2D eigenvalue weighted by Gasteiger charge is -2.41. The normalized spacial score (nSPS) is 19.7. The van der Waals surface area contributed by atoms with Crippen molar-refractivity contribution in [2.24, 2.45) is 0 Å². The number of allylic oxidation sites excluding steroid dienone is 15. The van der Waals surface area contributed by atoms with Crippen molar-refractivity contribution in [3.05, 3.63) is 97.2 Å². The smallest absolute Gasteiger partial charge is 0.306 e. The summed E-state index contributed by atoms with van der Waals surface area (Å²) < 4.78 is 17.6. The van der Waals surface area contributed by atoms with Gasteiger partial charge in [-0.05, 0) is 70.6 Å². The highest BCUT2D eigenvalue weighted by atomic mass is 16.7. The first-order valence-corrected chi connectivity index (χ1v) is 31.1. The number of aliphatic hydroxyl groups is 5. The van der Waals surface area contributed by atoms with Crippen molar-refractivity contribution in [3.63, 3.8) is 0 Å². The molecule has 0 aromatic rings. The molecular weight excluding hydrogens is 967 g/mol. The molecule has 6 N–H and O–H groups in total. The predicted octanol–water partition coefficient (Wildman–Crippen LogP) is 14.7. The van der Waals surface area contributed by atoms with Gasteiger partial charge in [0.15, 0.2) is 12.4 Å². The van der Waals surface area contributed by atoms with Crippen LogP contribution >= 0.6 is 0 Å². The number of rotatable bonds is 51. The summed E-state index contributed by atoms with van der Waals surface area (Å²) in [5.41, 5.74) is 0. The SMILES string of the molecule is CC\C=C/C=C/C=C/C=C\C=C\C=C\CCCCCC(=O)OC1C(OCC(NC(=O)C(O)CCCCCCCCCCCC/C=C/CCCCCCCC)C(O)/C=C/CCCCCCCCCCC)OC(CO)C(O)C1O. The number of unbranched alkanes of at least 4 members (excludes halogenated alkanes) is 28. The second kappa shape index (κ2) is 53.2. The summed E-state index contributed by atoms with van der Waals surface area (Å²) in [6, 6.07) is -1.04. The molecule has 1 fully saturated rings. The van der Waals surface area contributed by atoms with Crippen molar-refractivity contribution in [3.8, 4) is 0 Å². The Morgan fingerprint density at radius 1 is 0.519 bits per heavy atom. The summed E-state index contributed by atoms with van der Waals surface area (Å²) in [6.07, 6.45) is 60.2. The second-order valence-electron chi connectivity index (χ2n) is 21.2. The Morgan fingerprint density at radius 3 is 1.44 bits per heavy atom. The molecule has 11 nitrogen and oxygen atoms in total. The van der Waals surface area contributed by atoms with Crippen LogP contribution < -0.4 is 5.32 Å². The molecule has 0 aromatic heterocycles. The number of amides is 1. The third-order valence-corrected chi connectivity index (χ3v) is 14.1. The van der Waals surface area contributed by atoms with Crippen molar-refractivity contribution in [2.45, 2.75) is 294 Å². The number of nitrogens with one attached hydrogen (secondary N) is 1. The van der Waals surface area contributed by atoms with Crippen LogP contribution in [-0.4, -0.2) is 99.6 Å². The molecule has 0 aliphatic carbocycles. The fourth-order valence-electron chi connectivity index (χ4n) is 9.21. The lowest BCUT2D eigenvalue weighted by atomic mass is 9.99. The molecule has 0 saturated carbocycles. The van der Waals surface area contributed by atoms with Gasteiger partial charge >= 0.3 is 5.97 Å². The Labute approximate surface area is 469 Å². The maximum atomic E-state index is 13.4. The van der Waals surface area contributed by atoms with E-state index in [2.05, 4.69) is 50.4 Å². The van der Waals surface area contributed by atoms with E-state index in [0.29, 0.717) is 12.8 Å². The van der Waals surface area contributed by atoms with Gasteiger partial charge in [-0.3, -0.25) is 9.59 Å². The van der Waals surface area contributed by atoms with Crippen molar-refractivity contribution < 1.29 is 49.3 Å². The summed E-state index contributed by atoms with van der Waals surface area (Å²) in [6.45, 7) is 5.61. The van der Waals surface area contributed by atoms with Gasteiger partial charge in [0.1, 0.15) is 24.4 Å². The van der Waals surface area contributed by atoms with E-state index in [1.807, 2.05) is 66.8 Å². The van der Waals surface area contributed by atoms with Gasteiger partial charge in [-0.2, -0.15) is 0 Å². The highest BCUT2D eigenvalue weighted by Gasteiger charge is 2.47. The van der Waals surface area contributed by atoms with E-state index < -0.39 is 67.4 Å². The summed E-state index contributed by atoms with van der Waals surface area (Å²) in [5.74, 6) is -1.25. The summed E-state index contributed by atoms with van der Waals surface area (Å²) in [4.78, 5) is 26.5. The molecule has 1 rings (SSSR count). The Hall–Kier alpha value is -3.42. The van der Waals surface area contributed by atoms with Crippen molar-refractivity contribution >= 4 is 11.9 Å². The Bertz CT molecular complexity index is 1620. The molecule has 1 aliphatic heterocycles. The molecule has 8 atom stereocenters. The van der Waals surface area contributed by atoms with Gasteiger partial charge in [-0.1, -0.05) is 266 Å². The molecule has 0 bridgehead atoms. The molecule has 77 heavy (non-hydrogen) atoms. The third-order valence-electron chi connectivity index (χ3n) is 14.1. The van der Waals surface area contributed by atoms with E-state index in [1.54, 1.807) is 6.08 Å². The molecule has 0 spiro atoms. The van der Waals surface area contributed by atoms with Crippen molar-refractivity contribution in [2.75, 3.05) is 13.2 Å². The van der Waals surface area contributed by atoms with Crippen molar-refractivity contribution in [1.82, 2.24) is 5.32 Å². The second-order valence-corrected chi connectivity index (χ2v) is 21.2. The lowest BCUT2D eigenvalue weighted by Crippen LogP contribution is -2.61. The van der Waals surface area contributed by atoms with Gasteiger partial charge < -0.3 is 45.1 Å². The summed E-state index contributed by atoms with van der Waals surface area (Å²) >= 11 is 0. The zero-order chi connectivity index (χ0) is 56.1. The molecule has 1 saturated heterocycles. The minimum Gasteiger partial charge on any atom is -0.454 e. The monoisotopic (exact) mass is 1080 g/mol. The summed E-state index contributed by atoms with van der Waals surface area (Å²) in [7, 11) is 0. The first-order chi connectivity index (χ1) is 37.7. The van der Waals surface area contributed by atoms with E-state index in [1.165, 1.54) is 128 Å². The molecule has 8 unspecified atom stereocenters. The topological polar surface area (TPSA) is 175 Å². The third kappa shape index (κ3) is 41.3. The average molecular weight is 1080 g/mol. The van der Waals surface area contributed by atoms with Crippen LogP contribution in [0.5, 0.6) is 0 Å². The van der Waals surface area contributed by atoms with Crippen LogP contribution in [0.25, 0.3) is 0 Å². The number of esters is 1. The maximum absolute atomic E-state index is 13.4. The molecular formula is C66H113NO10. The van der Waals surface area contributed by atoms with E-state index in [9.17, 15) is 35.1 Å². The first-order valence-electron chi connectivity index (χ1n) is 31.1. The van der Waals surface area contributed by atoms with Gasteiger partial charge in [0.25, 0.3) is 0 Å². The average Bonchev–Trinajstić information content (AvgIpc) is 3.43. The minimum absolute atomic E-state index is 0.0678. The summed E-state index contributed by atoms with van der Waals surface area (Å²) in [5, 5.41) is 56.9. The molecule has 442 valence electrons. The van der Waals surface area contributed by atoms with E-state index in [4.69, 9.17) is 14.2 Å². The first kappa shape index (κ1) is 71.6. The van der Waals surface area contributed by atoms with Crippen LogP contribution in [0.15, 0.2) is 97.2 Å². The van der Waals surface area contributed by atoms with Gasteiger partial charge in [-0.25, -0.2) is 0 Å². The van der Waals surface area contributed by atoms with Gasteiger partial charge in [-0.15, -0.1) is 0 Å². The number of carbonyl (C=O) groups is 2. The minimum atomic E-state index is -1.64. The van der Waals surface area contributed by atoms with Crippen LogP contribution in [0.1, 0.15) is 245 Å². The number of aliphatic hydroxyl groups excluding tert-OH is 5.